The molecule has 1 saturated heterocycles. The Morgan fingerprint density at radius 1 is 0.537 bits per heavy atom. The standard InChI is InChI=1S/C69H84ClN13O12/c1-39(2)31-53(61(88)77-52(15-9-29-74-69(72)73)68(95)83-30-10-16-59(83)67(94)75-40(3)60(71)87)78-64(91)57(37-45-18-24-47-12-6-8-14-49(47)33-45)80-63(90)55(35-43-21-27-51(86)28-22-43)81-66(93)58(38-84)82-65(92)56(34-42-19-25-50(70)26-20-42)79-62(89)54(76-41(4)85)36-44-17-23-46-11-5-7-13-48(46)32-44/h5-8,11-14,17-28,32-33,39-40,52-59,84,86H,9-10,15-16,29-31,34-38H2,1-4H3,(H2,71,87)(H,75,94)(H,76,85)(H,77,88)(H,78,91)(H,79,89)(H,80,90)(H,81,93)(H,82,92)(H4,72,73,74)/t40-,52+,53+,54+,55+,56+,57+,58+,59+/m1/s1. The van der Waals surface area contributed by atoms with Crippen molar-refractivity contribution in [3.05, 3.63) is 161 Å². The molecule has 0 spiro atoms. The molecule has 1 aliphatic rings. The lowest BCUT2D eigenvalue weighted by molar-refractivity contribution is -0.142. The third kappa shape index (κ3) is 21.7. The second-order valence-corrected chi connectivity index (χ2v) is 24.6. The maximum absolute atomic E-state index is 15.1. The fraction of sp³-hybridized carbons (Fsp3) is 0.377. The number of guanidine groups is 1. The monoisotopic (exact) mass is 1320 g/mol. The van der Waals surface area contributed by atoms with Crippen molar-refractivity contribution in [3.8, 4) is 5.75 Å². The zero-order chi connectivity index (χ0) is 68.9. The summed E-state index contributed by atoms with van der Waals surface area (Å²) in [4.78, 5) is 146. The van der Waals surface area contributed by atoms with Crippen LogP contribution in [0.2, 0.25) is 5.02 Å². The van der Waals surface area contributed by atoms with E-state index in [1.807, 2.05) is 92.7 Å². The number of likely N-dealkylation sites (tertiary alicyclic amines) is 1. The Morgan fingerprint density at radius 3 is 1.43 bits per heavy atom. The van der Waals surface area contributed by atoms with Crippen molar-refractivity contribution in [2.45, 2.75) is 140 Å². The van der Waals surface area contributed by atoms with Gasteiger partial charge in [0.15, 0.2) is 5.96 Å². The number of nitrogens with zero attached hydrogens (tertiary/aromatic N) is 2. The van der Waals surface area contributed by atoms with E-state index in [1.54, 1.807) is 30.3 Å². The molecule has 6 aromatic carbocycles. The number of halogens is 1. The van der Waals surface area contributed by atoms with Crippen molar-refractivity contribution in [2.75, 3.05) is 19.7 Å². The van der Waals surface area contributed by atoms with Gasteiger partial charge >= 0.3 is 0 Å². The second kappa shape index (κ2) is 34.7. The van der Waals surface area contributed by atoms with Crippen molar-refractivity contribution in [3.63, 3.8) is 0 Å². The number of amides is 10. The number of nitrogens with one attached hydrogen (secondary N) is 8. The summed E-state index contributed by atoms with van der Waals surface area (Å²) in [7, 11) is 0. The predicted molar refractivity (Wildman–Crippen MR) is 359 cm³/mol. The highest BCUT2D eigenvalue weighted by molar-refractivity contribution is 6.30. The number of fused-ring (bicyclic) bond motifs is 2. The maximum atomic E-state index is 15.1. The number of aromatic hydroxyl groups is 1. The molecule has 0 saturated carbocycles. The topological polar surface area (TPSA) is 401 Å². The number of carbonyl (C=O) groups excluding carboxylic acids is 10. The lowest BCUT2D eigenvalue weighted by Crippen LogP contribution is -2.61. The van der Waals surface area contributed by atoms with Gasteiger partial charge in [-0.05, 0) is 113 Å². The van der Waals surface area contributed by atoms with E-state index in [4.69, 9.17) is 28.8 Å². The van der Waals surface area contributed by atoms with Gasteiger partial charge in [-0.3, -0.25) is 52.9 Å². The lowest BCUT2D eigenvalue weighted by Gasteiger charge is -2.31. The van der Waals surface area contributed by atoms with Gasteiger partial charge in [-0.2, -0.15) is 0 Å². The van der Waals surface area contributed by atoms with Gasteiger partial charge in [-0.15, -0.1) is 0 Å². The zero-order valence-electron chi connectivity index (χ0n) is 53.4. The Hall–Kier alpha value is -10.1. The molecule has 0 radical (unpaired) electrons. The van der Waals surface area contributed by atoms with Crippen molar-refractivity contribution in [1.29, 1.82) is 0 Å². The largest absolute Gasteiger partial charge is 0.508 e. The van der Waals surface area contributed by atoms with Crippen LogP contribution in [-0.2, 0) is 73.6 Å². The number of benzene rings is 6. The number of phenolic OH excluding ortho intramolecular Hbond substituents is 1. The molecule has 1 heterocycles. The average Bonchev–Trinajstić information content (AvgIpc) is 1.81. The van der Waals surface area contributed by atoms with E-state index in [0.717, 1.165) is 21.5 Å². The molecule has 0 bridgehead atoms. The molecule has 0 unspecified atom stereocenters. The van der Waals surface area contributed by atoms with Gasteiger partial charge in [0, 0.05) is 50.7 Å². The Kier molecular flexibility index (Phi) is 26.4. The summed E-state index contributed by atoms with van der Waals surface area (Å²) in [6, 6.07) is 26.2. The van der Waals surface area contributed by atoms with E-state index in [2.05, 4.69) is 47.5 Å². The van der Waals surface area contributed by atoms with Crippen LogP contribution < -0.4 is 59.7 Å². The number of aliphatic hydroxyl groups is 1. The van der Waals surface area contributed by atoms with E-state index >= 15 is 9.59 Å². The molecule has 0 aromatic heterocycles. The molecule has 26 heteroatoms. The molecule has 0 aliphatic carbocycles. The molecule has 10 amide bonds. The molecular formula is C69H84ClN13O12. The number of hydrogen-bond acceptors (Lipinski definition) is 13. The smallest absolute Gasteiger partial charge is 0.245 e. The van der Waals surface area contributed by atoms with Crippen LogP contribution in [0.4, 0.5) is 0 Å². The minimum absolute atomic E-state index is 0.00391. The Balaban J connectivity index is 1.15. The Labute approximate surface area is 555 Å². The van der Waals surface area contributed by atoms with Crippen LogP contribution in [-0.4, -0.2) is 154 Å². The SMILES string of the molecule is CC(=O)N[C@@H](Cc1ccc2ccccc2c1)C(=O)N[C@@H](Cc1ccc(Cl)cc1)C(=O)N[C@@H](CO)C(=O)N[C@@H](Cc1ccc(O)cc1)C(=O)N[C@@H](Cc1ccc2ccccc2c1)C(=O)N[C@@H](CC(C)C)C(=O)N[C@@H](CCCN=C(N)N)C(=O)N1CCC[C@H]1C(=O)N[C@H](C)C(N)=O. The van der Waals surface area contributed by atoms with E-state index in [0.29, 0.717) is 33.7 Å². The van der Waals surface area contributed by atoms with Crippen LogP contribution in [0.25, 0.3) is 21.5 Å². The third-order valence-corrected chi connectivity index (χ3v) is 16.4. The van der Waals surface area contributed by atoms with Crippen molar-refractivity contribution in [1.82, 2.24) is 47.4 Å². The highest BCUT2D eigenvalue weighted by Gasteiger charge is 2.40. The minimum Gasteiger partial charge on any atom is -0.508 e. The molecular weight excluding hydrogens is 1240 g/mol. The summed E-state index contributed by atoms with van der Waals surface area (Å²) in [6.07, 6.45) is 0.365. The van der Waals surface area contributed by atoms with Gasteiger partial charge in [0.05, 0.1) is 6.61 Å². The van der Waals surface area contributed by atoms with E-state index < -0.39 is 120 Å². The molecule has 1 fully saturated rings. The number of hydrogen-bond donors (Lipinski definition) is 13. The van der Waals surface area contributed by atoms with Gasteiger partial charge in [0.1, 0.15) is 60.1 Å². The van der Waals surface area contributed by atoms with E-state index in [9.17, 15) is 48.6 Å². The quantitative estimate of drug-likeness (QED) is 0.0164. The summed E-state index contributed by atoms with van der Waals surface area (Å²) in [5.41, 5.74) is 18.8. The fourth-order valence-electron chi connectivity index (χ4n) is 11.2. The van der Waals surface area contributed by atoms with Crippen LogP contribution in [0.3, 0.4) is 0 Å². The second-order valence-electron chi connectivity index (χ2n) is 24.2. The number of rotatable bonds is 32. The van der Waals surface area contributed by atoms with Crippen LogP contribution in [0, 0.1) is 5.92 Å². The Bertz CT molecular complexity index is 3760. The molecule has 9 atom stereocenters. The highest BCUT2D eigenvalue weighted by Crippen LogP contribution is 2.23. The van der Waals surface area contributed by atoms with Crippen LogP contribution >= 0.6 is 11.6 Å². The zero-order valence-corrected chi connectivity index (χ0v) is 54.2. The lowest BCUT2D eigenvalue weighted by atomic mass is 9.98. The van der Waals surface area contributed by atoms with E-state index in [-0.39, 0.29) is 82.1 Å². The summed E-state index contributed by atoms with van der Waals surface area (Å²) in [5, 5.41) is 46.6. The number of aliphatic imine (C=N–C) groups is 1. The van der Waals surface area contributed by atoms with Gasteiger partial charge in [-0.1, -0.05) is 135 Å². The van der Waals surface area contributed by atoms with Gasteiger partial charge in [0.25, 0.3) is 0 Å². The first kappa shape index (κ1) is 72.3. The van der Waals surface area contributed by atoms with Crippen LogP contribution in [0.1, 0.15) is 82.1 Å². The molecule has 6 aromatic rings. The number of carbonyl (C=O) groups is 10. The Morgan fingerprint density at radius 2 is 0.958 bits per heavy atom. The van der Waals surface area contributed by atoms with Gasteiger partial charge < -0.3 is 74.8 Å². The first-order valence-corrected chi connectivity index (χ1v) is 31.9. The molecule has 504 valence electrons. The maximum Gasteiger partial charge on any atom is 0.245 e. The molecule has 25 nitrogen and oxygen atoms in total. The first-order chi connectivity index (χ1) is 45.3. The summed E-state index contributed by atoms with van der Waals surface area (Å²) in [5.74, 6) is -8.33. The minimum atomic E-state index is -1.76. The average molecular weight is 1320 g/mol. The summed E-state index contributed by atoms with van der Waals surface area (Å²) in [6.45, 7) is 5.50. The van der Waals surface area contributed by atoms with Gasteiger partial charge in [0.2, 0.25) is 59.1 Å². The van der Waals surface area contributed by atoms with Crippen LogP contribution in [0.15, 0.2) is 138 Å². The highest BCUT2D eigenvalue weighted by atomic mass is 35.5. The third-order valence-electron chi connectivity index (χ3n) is 16.2. The number of nitrogens with two attached hydrogens (primary N) is 3. The number of aliphatic hydroxyl groups excluding tert-OH is 1. The first-order valence-electron chi connectivity index (χ1n) is 31.5. The van der Waals surface area contributed by atoms with Crippen molar-refractivity contribution >= 4 is 98.2 Å². The molecule has 7 rings (SSSR count). The number of phenols is 1. The predicted octanol–water partition coefficient (Wildman–Crippen LogP) is 2.11. The molecule has 16 N–H and O–H groups in total. The number of primary amides is 1. The van der Waals surface area contributed by atoms with Crippen molar-refractivity contribution in [2.24, 2.45) is 28.1 Å². The molecule has 95 heavy (non-hydrogen) atoms. The van der Waals surface area contributed by atoms with E-state index in [1.165, 1.54) is 43.0 Å². The van der Waals surface area contributed by atoms with Crippen molar-refractivity contribution < 1.29 is 58.2 Å². The summed E-state index contributed by atoms with van der Waals surface area (Å²) < 4.78 is 0. The summed E-state index contributed by atoms with van der Waals surface area (Å²) >= 11 is 6.21. The fourth-order valence-corrected chi connectivity index (χ4v) is 11.3. The van der Waals surface area contributed by atoms with Gasteiger partial charge in [-0.25, -0.2) is 0 Å². The van der Waals surface area contributed by atoms with Crippen LogP contribution in [0.5, 0.6) is 5.75 Å². The normalized spacial score (nSPS) is 15.3. The molecule has 1 aliphatic heterocycles.